The van der Waals surface area contributed by atoms with E-state index in [1.165, 1.54) is 19.4 Å². The number of hydrogen-bond acceptors (Lipinski definition) is 3. The molecule has 1 saturated carbocycles. The van der Waals surface area contributed by atoms with Crippen LogP contribution in [0.4, 0.5) is 0 Å². The predicted molar refractivity (Wildman–Crippen MR) is 86.8 cm³/mol. The molecule has 2 aromatic heterocycles. The van der Waals surface area contributed by atoms with Gasteiger partial charge in [-0.25, -0.2) is 4.98 Å². The number of imidazole rings is 1. The summed E-state index contributed by atoms with van der Waals surface area (Å²) in [4.78, 5) is 19.3. The minimum atomic E-state index is -0.0424. The van der Waals surface area contributed by atoms with E-state index >= 15 is 0 Å². The van der Waals surface area contributed by atoms with E-state index in [0.29, 0.717) is 12.2 Å². The molecule has 1 N–H and O–H groups in total. The van der Waals surface area contributed by atoms with Gasteiger partial charge in [0.15, 0.2) is 0 Å². The first kappa shape index (κ1) is 14.5. The molecule has 2 aliphatic rings. The normalized spacial score (nSPS) is 18.0. The third-order valence-corrected chi connectivity index (χ3v) is 4.85. The van der Waals surface area contributed by atoms with Gasteiger partial charge < -0.3 is 14.5 Å². The number of rotatable bonds is 5. The van der Waals surface area contributed by atoms with Gasteiger partial charge in [0.2, 0.25) is 0 Å². The van der Waals surface area contributed by atoms with Gasteiger partial charge >= 0.3 is 0 Å². The van der Waals surface area contributed by atoms with Crippen LogP contribution in [0.1, 0.15) is 34.8 Å². The fraction of sp³-hybridized carbons (Fsp3) is 0.529. The van der Waals surface area contributed by atoms with Gasteiger partial charge in [-0.2, -0.15) is 0 Å². The molecule has 1 fully saturated rings. The molecule has 3 heterocycles. The Kier molecular flexibility index (Phi) is 3.69. The molecular weight excluding hydrogens is 290 g/mol. The number of nitrogens with one attached hydrogen (secondary N) is 1. The van der Waals surface area contributed by atoms with E-state index in [1.54, 1.807) is 0 Å². The highest BCUT2D eigenvalue weighted by Crippen LogP contribution is 2.30. The van der Waals surface area contributed by atoms with Crippen molar-refractivity contribution in [1.82, 2.24) is 24.3 Å². The maximum atomic E-state index is 12.2. The molecule has 23 heavy (non-hydrogen) atoms. The zero-order valence-electron chi connectivity index (χ0n) is 13.5. The molecule has 1 aliphatic heterocycles. The minimum absolute atomic E-state index is 0.0424. The van der Waals surface area contributed by atoms with Gasteiger partial charge in [0.25, 0.3) is 5.91 Å². The van der Waals surface area contributed by atoms with Crippen LogP contribution in [0.5, 0.6) is 0 Å². The van der Waals surface area contributed by atoms with Crippen molar-refractivity contribution in [1.29, 1.82) is 0 Å². The molecule has 2 aromatic rings. The van der Waals surface area contributed by atoms with Crippen molar-refractivity contribution in [2.45, 2.75) is 32.5 Å². The lowest BCUT2D eigenvalue weighted by molar-refractivity contribution is 0.0941. The number of carbonyl (C=O) groups excluding carboxylic acids is 1. The summed E-state index contributed by atoms with van der Waals surface area (Å²) in [6, 6.07) is 3.71. The zero-order valence-corrected chi connectivity index (χ0v) is 13.5. The quantitative estimate of drug-likeness (QED) is 0.907. The van der Waals surface area contributed by atoms with E-state index in [9.17, 15) is 4.79 Å². The number of fused-ring (bicyclic) bond motifs is 1. The van der Waals surface area contributed by atoms with Gasteiger partial charge in [-0.05, 0) is 30.9 Å². The van der Waals surface area contributed by atoms with Gasteiger partial charge in [0, 0.05) is 32.9 Å². The van der Waals surface area contributed by atoms with Crippen LogP contribution in [0.3, 0.4) is 0 Å². The second kappa shape index (κ2) is 5.85. The van der Waals surface area contributed by atoms with Crippen molar-refractivity contribution >= 4 is 5.91 Å². The van der Waals surface area contributed by atoms with Crippen molar-refractivity contribution < 1.29 is 4.79 Å². The average molecular weight is 313 g/mol. The lowest BCUT2D eigenvalue weighted by atomic mass is 10.3. The van der Waals surface area contributed by atoms with E-state index < -0.39 is 0 Å². The van der Waals surface area contributed by atoms with Crippen LogP contribution in [0, 0.1) is 5.92 Å². The molecule has 0 radical (unpaired) electrons. The summed E-state index contributed by atoms with van der Waals surface area (Å²) in [5.41, 5.74) is 1.77. The smallest absolute Gasteiger partial charge is 0.268 e. The number of amides is 1. The maximum absolute atomic E-state index is 12.2. The molecule has 0 bridgehead atoms. The molecule has 0 unspecified atom stereocenters. The molecule has 1 aliphatic carbocycles. The van der Waals surface area contributed by atoms with Crippen molar-refractivity contribution in [2.24, 2.45) is 13.0 Å². The van der Waals surface area contributed by atoms with Crippen LogP contribution in [-0.2, 0) is 26.7 Å². The van der Waals surface area contributed by atoms with Crippen LogP contribution < -0.4 is 5.32 Å². The Labute approximate surface area is 136 Å². The van der Waals surface area contributed by atoms with E-state index in [2.05, 4.69) is 19.8 Å². The topological polar surface area (TPSA) is 55.1 Å². The molecule has 0 spiro atoms. The highest BCUT2D eigenvalue weighted by atomic mass is 16.1. The second-order valence-corrected chi connectivity index (χ2v) is 6.68. The van der Waals surface area contributed by atoms with Crippen molar-refractivity contribution in [3.63, 3.8) is 0 Å². The Bertz CT molecular complexity index is 712. The SMILES string of the molecule is Cn1cccc1C(=O)NCc1cnc2n1CCN(CC1CC1)C2. The fourth-order valence-electron chi connectivity index (χ4n) is 3.29. The largest absolute Gasteiger partial charge is 0.347 e. The van der Waals surface area contributed by atoms with E-state index in [1.807, 2.05) is 36.1 Å². The Morgan fingerprint density at radius 2 is 2.26 bits per heavy atom. The van der Waals surface area contributed by atoms with E-state index in [-0.39, 0.29) is 5.91 Å². The Balaban J connectivity index is 1.38. The fourth-order valence-corrected chi connectivity index (χ4v) is 3.29. The molecule has 4 rings (SSSR count). The monoisotopic (exact) mass is 313 g/mol. The molecule has 6 heteroatoms. The van der Waals surface area contributed by atoms with Crippen LogP contribution in [0.2, 0.25) is 0 Å². The third-order valence-electron chi connectivity index (χ3n) is 4.85. The molecule has 0 atom stereocenters. The third kappa shape index (κ3) is 3.03. The van der Waals surface area contributed by atoms with Crippen LogP contribution in [0.15, 0.2) is 24.5 Å². The van der Waals surface area contributed by atoms with Gasteiger partial charge in [0.05, 0.1) is 25.0 Å². The summed E-state index contributed by atoms with van der Waals surface area (Å²) in [6.45, 7) is 4.73. The standard InChI is InChI=1S/C17H23N5O/c1-20-6-2-3-15(20)17(23)19-10-14-9-18-16-12-21(7-8-22(14)16)11-13-4-5-13/h2-3,6,9,13H,4-5,7-8,10-12H2,1H3,(H,19,23). The minimum Gasteiger partial charge on any atom is -0.347 e. The first-order chi connectivity index (χ1) is 11.2. The Morgan fingerprint density at radius 1 is 1.39 bits per heavy atom. The molecule has 1 amide bonds. The summed E-state index contributed by atoms with van der Waals surface area (Å²) in [6.07, 6.45) is 6.56. The van der Waals surface area contributed by atoms with Crippen LogP contribution in [-0.4, -0.2) is 38.0 Å². The van der Waals surface area contributed by atoms with Gasteiger partial charge in [-0.3, -0.25) is 9.69 Å². The average Bonchev–Trinajstić information content (AvgIpc) is 3.10. The highest BCUT2D eigenvalue weighted by molar-refractivity contribution is 5.92. The molecule has 122 valence electrons. The van der Waals surface area contributed by atoms with Crippen LogP contribution >= 0.6 is 0 Å². The van der Waals surface area contributed by atoms with Gasteiger partial charge in [0.1, 0.15) is 11.5 Å². The van der Waals surface area contributed by atoms with E-state index in [0.717, 1.165) is 37.1 Å². The molecular formula is C17H23N5O. The number of aryl methyl sites for hydroxylation is 1. The summed E-state index contributed by atoms with van der Waals surface area (Å²) in [7, 11) is 1.88. The summed E-state index contributed by atoms with van der Waals surface area (Å²) >= 11 is 0. The Morgan fingerprint density at radius 3 is 3.00 bits per heavy atom. The van der Waals surface area contributed by atoms with Crippen molar-refractivity contribution in [3.05, 3.63) is 41.7 Å². The second-order valence-electron chi connectivity index (χ2n) is 6.68. The lowest BCUT2D eigenvalue weighted by Gasteiger charge is -2.28. The van der Waals surface area contributed by atoms with Crippen LogP contribution in [0.25, 0.3) is 0 Å². The summed E-state index contributed by atoms with van der Waals surface area (Å²) in [5.74, 6) is 2.00. The maximum Gasteiger partial charge on any atom is 0.268 e. The van der Waals surface area contributed by atoms with Gasteiger partial charge in [-0.15, -0.1) is 0 Å². The highest BCUT2D eigenvalue weighted by Gasteiger charge is 2.27. The number of nitrogens with zero attached hydrogens (tertiary/aromatic N) is 4. The molecule has 6 nitrogen and oxygen atoms in total. The molecule has 0 saturated heterocycles. The lowest BCUT2D eigenvalue weighted by Crippen LogP contribution is -2.36. The van der Waals surface area contributed by atoms with Crippen molar-refractivity contribution in [2.75, 3.05) is 13.1 Å². The summed E-state index contributed by atoms with van der Waals surface area (Å²) < 4.78 is 4.09. The number of carbonyl (C=O) groups is 1. The first-order valence-electron chi connectivity index (χ1n) is 8.36. The first-order valence-corrected chi connectivity index (χ1v) is 8.36. The summed E-state index contributed by atoms with van der Waals surface area (Å²) in [5, 5.41) is 3.00. The predicted octanol–water partition coefficient (Wildman–Crippen LogP) is 1.38. The van der Waals surface area contributed by atoms with Crippen molar-refractivity contribution in [3.8, 4) is 0 Å². The molecule has 0 aromatic carbocycles. The van der Waals surface area contributed by atoms with E-state index in [4.69, 9.17) is 0 Å². The number of aromatic nitrogens is 3. The van der Waals surface area contributed by atoms with Gasteiger partial charge in [-0.1, -0.05) is 0 Å². The zero-order chi connectivity index (χ0) is 15.8. The number of hydrogen-bond donors (Lipinski definition) is 1. The Hall–Kier alpha value is -2.08.